The molecule has 1 N–H and O–H groups in total. The van der Waals surface area contributed by atoms with Crippen LogP contribution in [0.3, 0.4) is 0 Å². The third-order valence-electron chi connectivity index (χ3n) is 3.78. The van der Waals surface area contributed by atoms with E-state index in [1.165, 1.54) is 12.0 Å². The molecule has 0 atom stereocenters. The number of nitrogens with zero attached hydrogens (tertiary/aromatic N) is 5. The zero-order chi connectivity index (χ0) is 15.9. The highest BCUT2D eigenvalue weighted by Crippen LogP contribution is 2.22. The van der Waals surface area contributed by atoms with Gasteiger partial charge in [0.1, 0.15) is 6.34 Å². The predicted octanol–water partition coefficient (Wildman–Crippen LogP) is 3.64. The first-order chi connectivity index (χ1) is 11.3. The van der Waals surface area contributed by atoms with E-state index in [0.717, 1.165) is 37.6 Å². The summed E-state index contributed by atoms with van der Waals surface area (Å²) in [6.45, 7) is 3.49. The van der Waals surface area contributed by atoms with Crippen LogP contribution in [0.1, 0.15) is 0 Å². The lowest BCUT2D eigenvalue weighted by Crippen LogP contribution is -2.45. The Morgan fingerprint density at radius 2 is 1.39 bits per heavy atom. The average Bonchev–Trinajstić information content (AvgIpc) is 2.62. The molecule has 0 aromatic heterocycles. The fraction of sp³-hybridized carbons (Fsp3) is 0.235. The van der Waals surface area contributed by atoms with Gasteiger partial charge in [0.2, 0.25) is 0 Å². The standard InChI is InChI=1S/C17H19N5O/c23-18-14-21-10-12-22(13-11-21)17-8-6-16(7-9-17)20-19-15-4-2-1-3-5-15/h1-9,14,23H,10-13H2/b18-14-,20-19?. The average molecular weight is 309 g/mol. The molecule has 6 heteroatoms. The first kappa shape index (κ1) is 15.0. The van der Waals surface area contributed by atoms with Gasteiger partial charge in [0, 0.05) is 31.9 Å². The summed E-state index contributed by atoms with van der Waals surface area (Å²) in [5.41, 5.74) is 2.85. The fourth-order valence-corrected chi connectivity index (χ4v) is 2.51. The minimum absolute atomic E-state index is 0.837. The van der Waals surface area contributed by atoms with Gasteiger partial charge in [-0.25, -0.2) is 0 Å². The number of benzene rings is 2. The van der Waals surface area contributed by atoms with E-state index in [4.69, 9.17) is 5.21 Å². The van der Waals surface area contributed by atoms with Gasteiger partial charge >= 0.3 is 0 Å². The lowest BCUT2D eigenvalue weighted by atomic mass is 10.2. The molecule has 118 valence electrons. The highest BCUT2D eigenvalue weighted by molar-refractivity contribution is 5.56. The van der Waals surface area contributed by atoms with E-state index in [9.17, 15) is 0 Å². The molecule has 0 radical (unpaired) electrons. The number of oxime groups is 1. The highest BCUT2D eigenvalue weighted by atomic mass is 16.4. The number of azo groups is 1. The smallest absolute Gasteiger partial charge is 0.130 e. The van der Waals surface area contributed by atoms with Gasteiger partial charge in [-0.1, -0.05) is 23.4 Å². The molecule has 3 rings (SSSR count). The molecule has 6 nitrogen and oxygen atoms in total. The summed E-state index contributed by atoms with van der Waals surface area (Å²) in [7, 11) is 0. The Labute approximate surface area is 135 Å². The van der Waals surface area contributed by atoms with Crippen LogP contribution in [-0.4, -0.2) is 42.6 Å². The van der Waals surface area contributed by atoms with Crippen molar-refractivity contribution in [3.63, 3.8) is 0 Å². The largest absolute Gasteiger partial charge is 0.410 e. The van der Waals surface area contributed by atoms with Gasteiger partial charge in [0.25, 0.3) is 0 Å². The maximum atomic E-state index is 8.56. The molecule has 1 aliphatic rings. The quantitative estimate of drug-likeness (QED) is 0.308. The first-order valence-corrected chi connectivity index (χ1v) is 7.58. The second kappa shape index (κ2) is 7.40. The second-order valence-corrected chi connectivity index (χ2v) is 5.31. The van der Waals surface area contributed by atoms with Crippen LogP contribution in [0.2, 0.25) is 0 Å². The van der Waals surface area contributed by atoms with Gasteiger partial charge in [0.15, 0.2) is 0 Å². The van der Waals surface area contributed by atoms with Gasteiger partial charge in [-0.15, -0.1) is 0 Å². The molecule has 0 aliphatic carbocycles. The van der Waals surface area contributed by atoms with Crippen LogP contribution in [0.25, 0.3) is 0 Å². The van der Waals surface area contributed by atoms with Gasteiger partial charge in [-0.2, -0.15) is 10.2 Å². The van der Waals surface area contributed by atoms with Crippen LogP contribution >= 0.6 is 0 Å². The maximum Gasteiger partial charge on any atom is 0.130 e. The Balaban J connectivity index is 1.60. The normalized spacial score (nSPS) is 15.7. The van der Waals surface area contributed by atoms with E-state index in [1.807, 2.05) is 47.4 Å². The molecule has 1 heterocycles. The van der Waals surface area contributed by atoms with Gasteiger partial charge in [-0.05, 0) is 36.4 Å². The molecule has 0 unspecified atom stereocenters. The van der Waals surface area contributed by atoms with Crippen LogP contribution in [0.15, 0.2) is 70.0 Å². The molecule has 23 heavy (non-hydrogen) atoms. The van der Waals surface area contributed by atoms with Crippen molar-refractivity contribution in [1.29, 1.82) is 0 Å². The Kier molecular flexibility index (Phi) is 4.83. The predicted molar refractivity (Wildman–Crippen MR) is 91.1 cm³/mol. The third kappa shape index (κ3) is 4.06. The SMILES string of the molecule is O/N=C\N1CCN(c2ccc(N=Nc3ccccc3)cc2)CC1. The molecular weight excluding hydrogens is 290 g/mol. The number of piperazine rings is 1. The van der Waals surface area contributed by atoms with Crippen LogP contribution in [0, 0.1) is 0 Å². The van der Waals surface area contributed by atoms with Crippen LogP contribution in [0.5, 0.6) is 0 Å². The third-order valence-corrected chi connectivity index (χ3v) is 3.78. The summed E-state index contributed by atoms with van der Waals surface area (Å²) in [4.78, 5) is 4.30. The van der Waals surface area contributed by atoms with Crippen molar-refractivity contribution in [3.8, 4) is 0 Å². The highest BCUT2D eigenvalue weighted by Gasteiger charge is 2.15. The number of anilines is 1. The molecule has 0 saturated carbocycles. The van der Waals surface area contributed by atoms with Crippen LogP contribution in [-0.2, 0) is 0 Å². The summed E-state index contributed by atoms with van der Waals surface area (Å²) in [5, 5.41) is 20.1. The van der Waals surface area contributed by atoms with Gasteiger partial charge < -0.3 is 15.0 Å². The summed E-state index contributed by atoms with van der Waals surface area (Å²) in [6.07, 6.45) is 1.48. The van der Waals surface area contributed by atoms with Crippen molar-refractivity contribution in [3.05, 3.63) is 54.6 Å². The summed E-state index contributed by atoms with van der Waals surface area (Å²) in [5.74, 6) is 0. The van der Waals surface area contributed by atoms with Gasteiger partial charge in [-0.3, -0.25) is 0 Å². The van der Waals surface area contributed by atoms with E-state index in [-0.39, 0.29) is 0 Å². The molecule has 2 aromatic rings. The Morgan fingerprint density at radius 3 is 2.00 bits per heavy atom. The van der Waals surface area contributed by atoms with Crippen LogP contribution < -0.4 is 4.90 Å². The molecule has 0 amide bonds. The second-order valence-electron chi connectivity index (χ2n) is 5.31. The number of rotatable bonds is 4. The van der Waals surface area contributed by atoms with Crippen molar-refractivity contribution in [1.82, 2.24) is 4.90 Å². The summed E-state index contributed by atoms with van der Waals surface area (Å²) in [6, 6.07) is 17.8. The Hall–Kier alpha value is -2.89. The fourth-order valence-electron chi connectivity index (χ4n) is 2.51. The van der Waals surface area contributed by atoms with Crippen LogP contribution in [0.4, 0.5) is 17.1 Å². The van der Waals surface area contributed by atoms with Crippen molar-refractivity contribution in [2.45, 2.75) is 0 Å². The topological polar surface area (TPSA) is 63.8 Å². The van der Waals surface area contributed by atoms with E-state index in [2.05, 4.69) is 32.4 Å². The van der Waals surface area contributed by atoms with E-state index in [1.54, 1.807) is 0 Å². The molecule has 1 aliphatic heterocycles. The van der Waals surface area contributed by atoms with E-state index < -0.39 is 0 Å². The maximum absolute atomic E-state index is 8.56. The molecule has 0 spiro atoms. The minimum atomic E-state index is 0.837. The molecular formula is C17H19N5O. The zero-order valence-corrected chi connectivity index (χ0v) is 12.8. The molecule has 2 aromatic carbocycles. The molecule has 0 bridgehead atoms. The number of hydrogen-bond donors (Lipinski definition) is 1. The minimum Gasteiger partial charge on any atom is -0.410 e. The van der Waals surface area contributed by atoms with Crippen molar-refractivity contribution < 1.29 is 5.21 Å². The molecule has 1 fully saturated rings. The van der Waals surface area contributed by atoms with E-state index in [0.29, 0.717) is 0 Å². The summed E-state index contributed by atoms with van der Waals surface area (Å²) >= 11 is 0. The zero-order valence-electron chi connectivity index (χ0n) is 12.8. The van der Waals surface area contributed by atoms with E-state index >= 15 is 0 Å². The first-order valence-electron chi connectivity index (χ1n) is 7.58. The summed E-state index contributed by atoms with van der Waals surface area (Å²) < 4.78 is 0. The Bertz CT molecular complexity index is 661. The monoisotopic (exact) mass is 309 g/mol. The number of hydrogen-bond acceptors (Lipinski definition) is 5. The van der Waals surface area contributed by atoms with Crippen molar-refractivity contribution >= 4 is 23.4 Å². The lowest BCUT2D eigenvalue weighted by Gasteiger charge is -2.34. The van der Waals surface area contributed by atoms with Crippen molar-refractivity contribution in [2.75, 3.05) is 31.1 Å². The van der Waals surface area contributed by atoms with Crippen molar-refractivity contribution in [2.24, 2.45) is 15.4 Å². The Morgan fingerprint density at radius 1 is 0.783 bits per heavy atom. The molecule has 1 saturated heterocycles. The lowest BCUT2D eigenvalue weighted by molar-refractivity contribution is 0.302. The van der Waals surface area contributed by atoms with Gasteiger partial charge in [0.05, 0.1) is 11.4 Å².